The number of aliphatic imine (C=N–C) groups is 1. The number of nitrogens with zero attached hydrogens (tertiary/aromatic N) is 3. The maximum Gasteiger partial charge on any atom is 0.194 e. The Hall–Kier alpha value is -0.290. The van der Waals surface area contributed by atoms with Crippen molar-refractivity contribution in [1.82, 2.24) is 14.8 Å². The molecule has 1 aromatic heterocycles. The molecule has 24 heavy (non-hydrogen) atoms. The third-order valence-electron chi connectivity index (χ3n) is 4.00. The number of hydrogen-bond acceptors (Lipinski definition) is 3. The lowest BCUT2D eigenvalue weighted by Gasteiger charge is -2.22. The van der Waals surface area contributed by atoms with Gasteiger partial charge >= 0.3 is 0 Å². The van der Waals surface area contributed by atoms with Crippen molar-refractivity contribution in [1.29, 1.82) is 0 Å². The molecule has 1 saturated heterocycles. The average Bonchev–Trinajstić information content (AvgIpc) is 2.96. The predicted molar refractivity (Wildman–Crippen MR) is 113 cm³/mol. The SMILES string of the molecule is CCNC(=NCC1CCS(=O)(=O)C1)N(C)Cc1cc(Br)cn1C.I. The maximum absolute atomic E-state index is 11.5. The van der Waals surface area contributed by atoms with Crippen molar-refractivity contribution in [2.24, 2.45) is 18.0 Å². The Balaban J connectivity index is 0.00000288. The van der Waals surface area contributed by atoms with Crippen LogP contribution < -0.4 is 5.32 Å². The van der Waals surface area contributed by atoms with Crippen LogP contribution in [0.5, 0.6) is 0 Å². The first kappa shape index (κ1) is 21.8. The minimum Gasteiger partial charge on any atom is -0.357 e. The summed E-state index contributed by atoms with van der Waals surface area (Å²) in [4.78, 5) is 6.70. The smallest absolute Gasteiger partial charge is 0.194 e. The summed E-state index contributed by atoms with van der Waals surface area (Å²) >= 11 is 3.48. The van der Waals surface area contributed by atoms with Crippen molar-refractivity contribution >= 4 is 55.7 Å². The molecule has 1 fully saturated rings. The van der Waals surface area contributed by atoms with Gasteiger partial charge in [0.2, 0.25) is 0 Å². The van der Waals surface area contributed by atoms with E-state index in [1.165, 1.54) is 5.69 Å². The molecule has 0 spiro atoms. The van der Waals surface area contributed by atoms with Gasteiger partial charge in [0.05, 0.1) is 18.1 Å². The van der Waals surface area contributed by atoms with Crippen LogP contribution in [0, 0.1) is 5.92 Å². The Bertz CT molecular complexity index is 675. The van der Waals surface area contributed by atoms with Gasteiger partial charge in [0.1, 0.15) is 0 Å². The molecule has 0 bridgehead atoms. The van der Waals surface area contributed by atoms with E-state index in [0.717, 1.165) is 29.9 Å². The summed E-state index contributed by atoms with van der Waals surface area (Å²) in [6.07, 6.45) is 2.75. The molecule has 0 aliphatic carbocycles. The van der Waals surface area contributed by atoms with E-state index in [4.69, 9.17) is 0 Å². The maximum atomic E-state index is 11.5. The molecule has 1 aromatic rings. The average molecular weight is 533 g/mol. The molecule has 0 saturated carbocycles. The lowest BCUT2D eigenvalue weighted by Crippen LogP contribution is -2.39. The van der Waals surface area contributed by atoms with Crippen LogP contribution in [-0.4, -0.2) is 55.5 Å². The van der Waals surface area contributed by atoms with Crippen LogP contribution in [0.25, 0.3) is 0 Å². The van der Waals surface area contributed by atoms with Gasteiger partial charge in [0, 0.05) is 43.5 Å². The molecule has 2 rings (SSSR count). The van der Waals surface area contributed by atoms with Gasteiger partial charge in [-0.2, -0.15) is 0 Å². The largest absolute Gasteiger partial charge is 0.357 e. The first-order valence-corrected chi connectivity index (χ1v) is 10.4. The van der Waals surface area contributed by atoms with Crippen molar-refractivity contribution in [2.45, 2.75) is 19.9 Å². The van der Waals surface area contributed by atoms with Gasteiger partial charge in [-0.1, -0.05) is 0 Å². The molecule has 1 aliphatic rings. The third-order valence-corrected chi connectivity index (χ3v) is 6.27. The summed E-state index contributed by atoms with van der Waals surface area (Å²) < 4.78 is 26.2. The van der Waals surface area contributed by atoms with Crippen molar-refractivity contribution in [3.8, 4) is 0 Å². The Labute approximate surface area is 170 Å². The molecule has 9 heteroatoms. The van der Waals surface area contributed by atoms with Gasteiger partial charge in [0.15, 0.2) is 15.8 Å². The Morgan fingerprint density at radius 3 is 2.75 bits per heavy atom. The van der Waals surface area contributed by atoms with Crippen LogP contribution >= 0.6 is 39.9 Å². The zero-order chi connectivity index (χ0) is 17.0. The zero-order valence-corrected chi connectivity index (χ0v) is 19.1. The van der Waals surface area contributed by atoms with Gasteiger partial charge in [-0.25, -0.2) is 8.42 Å². The fourth-order valence-electron chi connectivity index (χ4n) is 2.74. The molecule has 138 valence electrons. The van der Waals surface area contributed by atoms with Gasteiger partial charge in [0.25, 0.3) is 0 Å². The summed E-state index contributed by atoms with van der Waals surface area (Å²) in [5.41, 5.74) is 1.17. The highest BCUT2D eigenvalue weighted by Crippen LogP contribution is 2.19. The Morgan fingerprint density at radius 1 is 1.54 bits per heavy atom. The quantitative estimate of drug-likeness (QED) is 0.359. The van der Waals surface area contributed by atoms with Crippen molar-refractivity contribution in [3.05, 3.63) is 22.4 Å². The van der Waals surface area contributed by atoms with Crippen LogP contribution in [-0.2, 0) is 23.4 Å². The molecule has 2 heterocycles. The summed E-state index contributed by atoms with van der Waals surface area (Å²) in [6, 6.07) is 2.09. The molecule has 0 radical (unpaired) electrons. The Kier molecular flexibility index (Phi) is 8.54. The number of nitrogens with one attached hydrogen (secondary N) is 1. The van der Waals surface area contributed by atoms with Gasteiger partial charge in [-0.05, 0) is 41.3 Å². The number of halogens is 2. The van der Waals surface area contributed by atoms with Crippen molar-refractivity contribution in [2.75, 3.05) is 31.6 Å². The minimum atomic E-state index is -2.84. The van der Waals surface area contributed by atoms with Crippen molar-refractivity contribution < 1.29 is 8.42 Å². The summed E-state index contributed by atoms with van der Waals surface area (Å²) in [7, 11) is 1.17. The van der Waals surface area contributed by atoms with E-state index in [-0.39, 0.29) is 35.6 Å². The van der Waals surface area contributed by atoms with Crippen LogP contribution in [0.1, 0.15) is 19.0 Å². The Morgan fingerprint density at radius 2 is 2.25 bits per heavy atom. The highest BCUT2D eigenvalue weighted by molar-refractivity contribution is 14.0. The normalized spacial score (nSPS) is 19.8. The van der Waals surface area contributed by atoms with Crippen LogP contribution in [0.4, 0.5) is 0 Å². The molecule has 1 N–H and O–H groups in total. The lowest BCUT2D eigenvalue weighted by atomic mass is 10.1. The topological polar surface area (TPSA) is 66.7 Å². The number of aromatic nitrogens is 1. The van der Waals surface area contributed by atoms with E-state index in [2.05, 4.69) is 41.8 Å². The number of rotatable bonds is 5. The first-order chi connectivity index (χ1) is 10.8. The standard InChI is InChI=1S/C15H25BrN4O2S.HI/c1-4-17-15(18-8-12-5-6-23(21,22)11-12)20(3)10-14-7-13(16)9-19(14)2;/h7,9,12H,4-6,8,10-11H2,1-3H3,(H,17,18);1H. The number of sulfone groups is 1. The van der Waals surface area contributed by atoms with Crippen LogP contribution in [0.2, 0.25) is 0 Å². The van der Waals surface area contributed by atoms with Crippen LogP contribution in [0.15, 0.2) is 21.7 Å². The second kappa shape index (κ2) is 9.42. The van der Waals surface area contributed by atoms with E-state index in [1.807, 2.05) is 27.2 Å². The fraction of sp³-hybridized carbons (Fsp3) is 0.667. The highest BCUT2D eigenvalue weighted by atomic mass is 127. The molecule has 6 nitrogen and oxygen atoms in total. The van der Waals surface area contributed by atoms with Crippen molar-refractivity contribution in [3.63, 3.8) is 0 Å². The van der Waals surface area contributed by atoms with E-state index < -0.39 is 9.84 Å². The number of guanidine groups is 1. The molecule has 1 unspecified atom stereocenters. The molecule has 0 aromatic carbocycles. The molecule has 0 amide bonds. The first-order valence-electron chi connectivity index (χ1n) is 7.81. The molecule has 1 atom stereocenters. The summed E-state index contributed by atoms with van der Waals surface area (Å²) in [6.45, 7) is 4.10. The summed E-state index contributed by atoms with van der Waals surface area (Å²) in [5, 5.41) is 3.28. The monoisotopic (exact) mass is 532 g/mol. The lowest BCUT2D eigenvalue weighted by molar-refractivity contribution is 0.458. The van der Waals surface area contributed by atoms with Gasteiger partial charge < -0.3 is 14.8 Å². The van der Waals surface area contributed by atoms with Gasteiger partial charge in [-0.3, -0.25) is 4.99 Å². The molecular formula is C15H26BrIN4O2S. The number of hydrogen-bond donors (Lipinski definition) is 1. The predicted octanol–water partition coefficient (Wildman–Crippen LogP) is 2.24. The van der Waals surface area contributed by atoms with Crippen LogP contribution in [0.3, 0.4) is 0 Å². The van der Waals surface area contributed by atoms with E-state index in [0.29, 0.717) is 12.3 Å². The zero-order valence-electron chi connectivity index (χ0n) is 14.3. The highest BCUT2D eigenvalue weighted by Gasteiger charge is 2.27. The number of aryl methyl sites for hydroxylation is 1. The molecular weight excluding hydrogens is 507 g/mol. The summed E-state index contributed by atoms with van der Waals surface area (Å²) in [5.74, 6) is 1.53. The van der Waals surface area contributed by atoms with E-state index >= 15 is 0 Å². The minimum absolute atomic E-state index is 0. The van der Waals surface area contributed by atoms with Gasteiger partial charge in [-0.15, -0.1) is 24.0 Å². The van der Waals surface area contributed by atoms with E-state index in [9.17, 15) is 8.42 Å². The fourth-order valence-corrected chi connectivity index (χ4v) is 5.16. The second-order valence-electron chi connectivity index (χ2n) is 6.08. The molecule has 1 aliphatic heterocycles. The third kappa shape index (κ3) is 6.21. The second-order valence-corrected chi connectivity index (χ2v) is 9.22. The van der Waals surface area contributed by atoms with E-state index in [1.54, 1.807) is 0 Å².